The normalized spacial score (nSPS) is 18.3. The number of halogens is 1. The van der Waals surface area contributed by atoms with Crippen LogP contribution in [0, 0.1) is 0 Å². The second kappa shape index (κ2) is 8.39. The van der Waals surface area contributed by atoms with Crippen LogP contribution in [0.4, 0.5) is 11.4 Å². The zero-order valence-corrected chi connectivity index (χ0v) is 18.4. The molecule has 1 fully saturated rings. The molecule has 164 valence electrons. The van der Waals surface area contributed by atoms with E-state index in [1.165, 1.54) is 12.1 Å². The summed E-state index contributed by atoms with van der Waals surface area (Å²) in [6.07, 6.45) is 1.88. The van der Waals surface area contributed by atoms with E-state index in [-0.39, 0.29) is 23.9 Å². The Kier molecular flexibility index (Phi) is 5.81. The van der Waals surface area contributed by atoms with Gasteiger partial charge in [0.25, 0.3) is 11.8 Å². The van der Waals surface area contributed by atoms with Gasteiger partial charge < -0.3 is 15.0 Å². The lowest BCUT2D eigenvalue weighted by Crippen LogP contribution is -2.48. The van der Waals surface area contributed by atoms with Crippen molar-refractivity contribution in [2.24, 2.45) is 0 Å². The fourth-order valence-electron chi connectivity index (χ4n) is 3.76. The third-order valence-electron chi connectivity index (χ3n) is 5.29. The Morgan fingerprint density at radius 2 is 1.84 bits per heavy atom. The van der Waals surface area contributed by atoms with Gasteiger partial charge >= 0.3 is 0 Å². The summed E-state index contributed by atoms with van der Waals surface area (Å²) in [6, 6.07) is 11.3. The van der Waals surface area contributed by atoms with Crippen molar-refractivity contribution in [1.82, 2.24) is 4.90 Å². The van der Waals surface area contributed by atoms with Crippen molar-refractivity contribution in [3.05, 3.63) is 53.1 Å². The van der Waals surface area contributed by atoms with E-state index < -0.39 is 22.0 Å². The number of hydrogen-bond donors (Lipinski definition) is 1. The molecule has 0 saturated carbocycles. The minimum absolute atomic E-state index is 0.143. The average Bonchev–Trinajstić information content (AvgIpc) is 3.27. The zero-order chi connectivity index (χ0) is 22.2. The molecule has 2 aliphatic heterocycles. The molecular weight excluding hydrogens is 442 g/mol. The van der Waals surface area contributed by atoms with Crippen LogP contribution in [-0.2, 0) is 14.8 Å². The van der Waals surface area contributed by atoms with Crippen molar-refractivity contribution < 1.29 is 22.7 Å². The molecule has 1 saturated heterocycles. The number of anilines is 2. The molecule has 31 heavy (non-hydrogen) atoms. The van der Waals surface area contributed by atoms with Gasteiger partial charge in [-0.05, 0) is 43.2 Å². The molecule has 0 aromatic heterocycles. The molecule has 1 atom stereocenters. The highest BCUT2D eigenvalue weighted by Crippen LogP contribution is 2.37. The molecule has 2 aliphatic rings. The molecular formula is C21H22ClN3O5S. The lowest BCUT2D eigenvalue weighted by Gasteiger charge is -2.34. The van der Waals surface area contributed by atoms with Gasteiger partial charge in [0, 0.05) is 18.1 Å². The summed E-state index contributed by atoms with van der Waals surface area (Å²) in [7, 11) is -3.67. The van der Waals surface area contributed by atoms with E-state index in [4.69, 9.17) is 16.3 Å². The third-order valence-corrected chi connectivity index (χ3v) is 6.67. The first-order valence-electron chi connectivity index (χ1n) is 9.87. The van der Waals surface area contributed by atoms with Crippen molar-refractivity contribution >= 4 is 44.8 Å². The molecule has 4 rings (SSSR count). The molecule has 0 unspecified atom stereocenters. The molecule has 2 amide bonds. The van der Waals surface area contributed by atoms with Crippen LogP contribution in [0.15, 0.2) is 42.5 Å². The average molecular weight is 464 g/mol. The van der Waals surface area contributed by atoms with E-state index in [2.05, 4.69) is 5.32 Å². The number of nitrogens with zero attached hydrogens (tertiary/aromatic N) is 2. The molecule has 0 aliphatic carbocycles. The van der Waals surface area contributed by atoms with Crippen LogP contribution >= 0.6 is 11.6 Å². The monoisotopic (exact) mass is 463 g/mol. The summed E-state index contributed by atoms with van der Waals surface area (Å²) in [6.45, 7) is 1.17. The van der Waals surface area contributed by atoms with Crippen LogP contribution in [0.3, 0.4) is 0 Å². The third kappa shape index (κ3) is 4.47. The van der Waals surface area contributed by atoms with Gasteiger partial charge in [-0.15, -0.1) is 0 Å². The first-order valence-corrected chi connectivity index (χ1v) is 12.1. The van der Waals surface area contributed by atoms with Crippen molar-refractivity contribution in [2.45, 2.75) is 18.9 Å². The Morgan fingerprint density at radius 1 is 1.13 bits per heavy atom. The SMILES string of the molecule is CS(=O)(=O)N1C[C@@H](C(=O)Nc2ccccc2C(=O)N2CCCC2)Oc2ccc(Cl)cc21. The van der Waals surface area contributed by atoms with Crippen LogP contribution < -0.4 is 14.4 Å². The number of hydrogen-bond acceptors (Lipinski definition) is 5. The fourth-order valence-corrected chi connectivity index (χ4v) is 4.83. The summed E-state index contributed by atoms with van der Waals surface area (Å²) in [4.78, 5) is 27.6. The highest BCUT2D eigenvalue weighted by molar-refractivity contribution is 7.92. The highest BCUT2D eigenvalue weighted by Gasteiger charge is 2.35. The Hall–Kier alpha value is -2.78. The number of benzene rings is 2. The highest BCUT2D eigenvalue weighted by atomic mass is 35.5. The Bertz CT molecular complexity index is 1130. The first-order chi connectivity index (χ1) is 14.7. The summed E-state index contributed by atoms with van der Waals surface area (Å²) in [5.74, 6) is -0.450. The van der Waals surface area contributed by atoms with Crippen LogP contribution in [-0.4, -0.2) is 57.1 Å². The van der Waals surface area contributed by atoms with Gasteiger partial charge in [-0.25, -0.2) is 8.42 Å². The van der Waals surface area contributed by atoms with Crippen molar-refractivity contribution in [2.75, 3.05) is 35.5 Å². The molecule has 0 spiro atoms. The van der Waals surface area contributed by atoms with Gasteiger partial charge in [-0.2, -0.15) is 0 Å². The predicted octanol–water partition coefficient (Wildman–Crippen LogP) is 2.74. The first kappa shape index (κ1) is 21.5. The molecule has 10 heteroatoms. The summed E-state index contributed by atoms with van der Waals surface area (Å²) in [5.41, 5.74) is 1.03. The second-order valence-corrected chi connectivity index (χ2v) is 9.89. The van der Waals surface area contributed by atoms with E-state index in [0.29, 0.717) is 29.4 Å². The number of fused-ring (bicyclic) bond motifs is 1. The van der Waals surface area contributed by atoms with Crippen LogP contribution in [0.5, 0.6) is 5.75 Å². The van der Waals surface area contributed by atoms with Gasteiger partial charge in [0.2, 0.25) is 10.0 Å². The lowest BCUT2D eigenvalue weighted by molar-refractivity contribution is -0.122. The summed E-state index contributed by atoms with van der Waals surface area (Å²) < 4.78 is 31.5. The van der Waals surface area contributed by atoms with Crippen molar-refractivity contribution in [1.29, 1.82) is 0 Å². The summed E-state index contributed by atoms with van der Waals surface area (Å²) >= 11 is 6.01. The van der Waals surface area contributed by atoms with Gasteiger partial charge in [0.05, 0.1) is 29.7 Å². The number of amides is 2. The van der Waals surface area contributed by atoms with E-state index in [1.54, 1.807) is 35.2 Å². The molecule has 2 heterocycles. The predicted molar refractivity (Wildman–Crippen MR) is 118 cm³/mol. The minimum atomic E-state index is -3.67. The van der Waals surface area contributed by atoms with Crippen molar-refractivity contribution in [3.8, 4) is 5.75 Å². The van der Waals surface area contributed by atoms with Crippen LogP contribution in [0.25, 0.3) is 0 Å². The topological polar surface area (TPSA) is 96.0 Å². The van der Waals surface area contributed by atoms with Gasteiger partial charge in [0.15, 0.2) is 6.10 Å². The summed E-state index contributed by atoms with van der Waals surface area (Å²) in [5, 5.41) is 3.09. The van der Waals surface area contributed by atoms with Gasteiger partial charge in [-0.1, -0.05) is 23.7 Å². The van der Waals surface area contributed by atoms with Gasteiger partial charge in [0.1, 0.15) is 5.75 Å². The lowest BCUT2D eigenvalue weighted by atomic mass is 10.1. The molecule has 0 radical (unpaired) electrons. The van der Waals surface area contributed by atoms with E-state index in [9.17, 15) is 18.0 Å². The van der Waals surface area contributed by atoms with Crippen LogP contribution in [0.2, 0.25) is 5.02 Å². The number of rotatable bonds is 4. The molecule has 8 nitrogen and oxygen atoms in total. The van der Waals surface area contributed by atoms with E-state index in [0.717, 1.165) is 23.4 Å². The number of likely N-dealkylation sites (tertiary alicyclic amines) is 1. The number of carbonyl (C=O) groups is 2. The largest absolute Gasteiger partial charge is 0.476 e. The molecule has 0 bridgehead atoms. The number of para-hydroxylation sites is 1. The zero-order valence-electron chi connectivity index (χ0n) is 16.9. The Balaban J connectivity index is 1.58. The molecule has 2 aromatic rings. The Morgan fingerprint density at radius 3 is 2.55 bits per heavy atom. The Labute approximate surface area is 185 Å². The minimum Gasteiger partial charge on any atom is -0.476 e. The molecule has 2 aromatic carbocycles. The number of carbonyl (C=O) groups excluding carboxylic acids is 2. The maximum atomic E-state index is 13.0. The smallest absolute Gasteiger partial charge is 0.267 e. The number of sulfonamides is 1. The van der Waals surface area contributed by atoms with E-state index >= 15 is 0 Å². The van der Waals surface area contributed by atoms with Crippen LogP contribution in [0.1, 0.15) is 23.2 Å². The quantitative estimate of drug-likeness (QED) is 0.752. The second-order valence-electron chi connectivity index (χ2n) is 7.55. The number of ether oxygens (including phenoxy) is 1. The number of nitrogens with one attached hydrogen (secondary N) is 1. The molecule has 1 N–H and O–H groups in total. The standard InChI is InChI=1S/C21H22ClN3O5S/c1-31(28,29)25-13-19(30-18-9-8-14(22)12-17(18)25)20(26)23-16-7-3-2-6-15(16)21(27)24-10-4-5-11-24/h2-3,6-9,12,19H,4-5,10-11,13H2,1H3,(H,23,26)/t19-/m0/s1. The van der Waals surface area contributed by atoms with Gasteiger partial charge in [-0.3, -0.25) is 13.9 Å². The fraction of sp³-hybridized carbons (Fsp3) is 0.333. The van der Waals surface area contributed by atoms with Crippen molar-refractivity contribution in [3.63, 3.8) is 0 Å². The maximum Gasteiger partial charge on any atom is 0.267 e. The maximum absolute atomic E-state index is 13.0. The van der Waals surface area contributed by atoms with E-state index in [1.807, 2.05) is 0 Å².